The van der Waals surface area contributed by atoms with Gasteiger partial charge in [0.15, 0.2) is 0 Å². The van der Waals surface area contributed by atoms with E-state index in [4.69, 9.17) is 5.26 Å². The Hall–Kier alpha value is -0.640. The summed E-state index contributed by atoms with van der Waals surface area (Å²) in [5.41, 5.74) is 0. The number of nitrogens with zero attached hydrogens (tertiary/aromatic N) is 2. The molecule has 0 spiro atoms. The zero-order chi connectivity index (χ0) is 13.0. The highest BCUT2D eigenvalue weighted by atomic mass is 32.2. The third-order valence-corrected chi connectivity index (χ3v) is 5.53. The molecular formula is C12H21N3O2S. The maximum absolute atomic E-state index is 12.3. The lowest BCUT2D eigenvalue weighted by atomic mass is 10.1. The third-order valence-electron chi connectivity index (χ3n) is 3.89. The molecule has 102 valence electrons. The molecule has 2 fully saturated rings. The van der Waals surface area contributed by atoms with E-state index in [0.717, 1.165) is 44.9 Å². The SMILES string of the molecule is N#CC1CCCC1NS(=O)(=O)N1CCCCCC1. The second-order valence-electron chi connectivity index (χ2n) is 5.21. The van der Waals surface area contributed by atoms with Gasteiger partial charge in [0.2, 0.25) is 0 Å². The average Bonchev–Trinajstić information content (AvgIpc) is 2.62. The van der Waals surface area contributed by atoms with E-state index in [9.17, 15) is 8.42 Å². The summed E-state index contributed by atoms with van der Waals surface area (Å²) in [4.78, 5) is 0. The van der Waals surface area contributed by atoms with Gasteiger partial charge in [0.25, 0.3) is 10.2 Å². The molecule has 2 aliphatic rings. The van der Waals surface area contributed by atoms with Crippen LogP contribution in [0, 0.1) is 17.2 Å². The molecule has 1 aliphatic heterocycles. The Morgan fingerprint density at radius 3 is 2.33 bits per heavy atom. The van der Waals surface area contributed by atoms with E-state index in [0.29, 0.717) is 13.1 Å². The van der Waals surface area contributed by atoms with E-state index in [1.165, 1.54) is 0 Å². The van der Waals surface area contributed by atoms with Crippen molar-refractivity contribution in [3.8, 4) is 6.07 Å². The van der Waals surface area contributed by atoms with Gasteiger partial charge in [-0.15, -0.1) is 0 Å². The largest absolute Gasteiger partial charge is 0.279 e. The number of hydrogen-bond donors (Lipinski definition) is 1. The Balaban J connectivity index is 2.00. The summed E-state index contributed by atoms with van der Waals surface area (Å²) in [5.74, 6) is -0.160. The monoisotopic (exact) mass is 271 g/mol. The van der Waals surface area contributed by atoms with Crippen molar-refractivity contribution in [2.24, 2.45) is 5.92 Å². The minimum Gasteiger partial charge on any atom is -0.198 e. The summed E-state index contributed by atoms with van der Waals surface area (Å²) in [5, 5.41) is 8.99. The van der Waals surface area contributed by atoms with Gasteiger partial charge in [0.05, 0.1) is 12.0 Å². The smallest absolute Gasteiger partial charge is 0.198 e. The first-order valence-corrected chi connectivity index (χ1v) is 8.24. The van der Waals surface area contributed by atoms with Crippen molar-refractivity contribution in [1.29, 1.82) is 5.26 Å². The highest BCUT2D eigenvalue weighted by Crippen LogP contribution is 2.26. The molecule has 2 atom stereocenters. The molecule has 2 unspecified atom stereocenters. The minimum atomic E-state index is -3.40. The molecular weight excluding hydrogens is 250 g/mol. The second kappa shape index (κ2) is 6.00. The summed E-state index contributed by atoms with van der Waals surface area (Å²) in [6.45, 7) is 1.22. The first-order chi connectivity index (χ1) is 8.63. The maximum Gasteiger partial charge on any atom is 0.279 e. The Bertz CT molecular complexity index is 408. The van der Waals surface area contributed by atoms with E-state index < -0.39 is 10.2 Å². The minimum absolute atomic E-state index is 0.160. The molecule has 0 bridgehead atoms. The normalized spacial score (nSPS) is 30.8. The molecule has 2 rings (SSSR count). The number of nitrogens with one attached hydrogen (secondary N) is 1. The molecule has 18 heavy (non-hydrogen) atoms. The van der Waals surface area contributed by atoms with Crippen LogP contribution >= 0.6 is 0 Å². The predicted molar refractivity (Wildman–Crippen MR) is 68.8 cm³/mol. The van der Waals surface area contributed by atoms with Crippen LogP contribution in [0.4, 0.5) is 0 Å². The molecule has 0 aromatic carbocycles. The molecule has 0 amide bonds. The molecule has 1 saturated heterocycles. The fraction of sp³-hybridized carbons (Fsp3) is 0.917. The van der Waals surface area contributed by atoms with Crippen LogP contribution in [0.15, 0.2) is 0 Å². The topological polar surface area (TPSA) is 73.2 Å². The summed E-state index contributed by atoms with van der Waals surface area (Å²) < 4.78 is 28.8. The van der Waals surface area contributed by atoms with Gasteiger partial charge in [-0.25, -0.2) is 0 Å². The van der Waals surface area contributed by atoms with Crippen LogP contribution < -0.4 is 4.72 Å². The summed E-state index contributed by atoms with van der Waals surface area (Å²) in [6, 6.07) is 2.01. The molecule has 0 aromatic heterocycles. The van der Waals surface area contributed by atoms with Crippen LogP contribution in [-0.2, 0) is 10.2 Å². The van der Waals surface area contributed by atoms with E-state index in [1.54, 1.807) is 4.31 Å². The summed E-state index contributed by atoms with van der Waals surface area (Å²) in [7, 11) is -3.40. The molecule has 5 nitrogen and oxygen atoms in total. The van der Waals surface area contributed by atoms with Crippen molar-refractivity contribution in [3.63, 3.8) is 0 Å². The highest BCUT2D eigenvalue weighted by molar-refractivity contribution is 7.87. The Labute approximate surface area is 109 Å². The fourth-order valence-corrected chi connectivity index (χ4v) is 4.36. The van der Waals surface area contributed by atoms with E-state index in [2.05, 4.69) is 10.8 Å². The fourth-order valence-electron chi connectivity index (χ4n) is 2.80. The van der Waals surface area contributed by atoms with Crippen LogP contribution in [0.2, 0.25) is 0 Å². The number of rotatable bonds is 3. The lowest BCUT2D eigenvalue weighted by Crippen LogP contribution is -2.46. The van der Waals surface area contributed by atoms with Crippen molar-refractivity contribution in [1.82, 2.24) is 9.03 Å². The van der Waals surface area contributed by atoms with Gasteiger partial charge in [-0.05, 0) is 25.7 Å². The van der Waals surface area contributed by atoms with Crippen LogP contribution in [-0.4, -0.2) is 31.9 Å². The van der Waals surface area contributed by atoms with Gasteiger partial charge < -0.3 is 0 Å². The lowest BCUT2D eigenvalue weighted by molar-refractivity contribution is 0.401. The van der Waals surface area contributed by atoms with Crippen LogP contribution in [0.3, 0.4) is 0 Å². The quantitative estimate of drug-likeness (QED) is 0.843. The number of hydrogen-bond acceptors (Lipinski definition) is 3. The van der Waals surface area contributed by atoms with Crippen LogP contribution in [0.5, 0.6) is 0 Å². The van der Waals surface area contributed by atoms with Gasteiger partial charge >= 0.3 is 0 Å². The van der Waals surface area contributed by atoms with Crippen LogP contribution in [0.25, 0.3) is 0 Å². The van der Waals surface area contributed by atoms with Gasteiger partial charge in [-0.3, -0.25) is 0 Å². The van der Waals surface area contributed by atoms with Crippen molar-refractivity contribution < 1.29 is 8.42 Å². The molecule has 1 N–H and O–H groups in total. The summed E-state index contributed by atoms with van der Waals surface area (Å²) >= 11 is 0. The number of nitriles is 1. The van der Waals surface area contributed by atoms with E-state index in [1.807, 2.05) is 0 Å². The molecule has 1 aliphatic carbocycles. The standard InChI is InChI=1S/C12H21N3O2S/c13-10-11-6-5-7-12(11)14-18(16,17)15-8-3-1-2-4-9-15/h11-12,14H,1-9H2. The van der Waals surface area contributed by atoms with E-state index >= 15 is 0 Å². The highest BCUT2D eigenvalue weighted by Gasteiger charge is 2.33. The Kier molecular flexibility index (Phi) is 4.60. The molecule has 0 radical (unpaired) electrons. The van der Waals surface area contributed by atoms with Gasteiger partial charge in [0, 0.05) is 19.1 Å². The molecule has 1 saturated carbocycles. The van der Waals surface area contributed by atoms with Gasteiger partial charge in [-0.1, -0.05) is 19.3 Å². The maximum atomic E-state index is 12.3. The first-order valence-electron chi connectivity index (χ1n) is 6.80. The predicted octanol–water partition coefficient (Wildman–Crippen LogP) is 1.39. The average molecular weight is 271 g/mol. The lowest BCUT2D eigenvalue weighted by Gasteiger charge is -2.24. The third kappa shape index (κ3) is 3.22. The zero-order valence-electron chi connectivity index (χ0n) is 10.6. The van der Waals surface area contributed by atoms with Gasteiger partial charge in [0.1, 0.15) is 0 Å². The molecule has 6 heteroatoms. The molecule has 0 aromatic rings. The van der Waals surface area contributed by atoms with Crippen molar-refractivity contribution in [3.05, 3.63) is 0 Å². The van der Waals surface area contributed by atoms with Crippen molar-refractivity contribution in [2.75, 3.05) is 13.1 Å². The Morgan fingerprint density at radius 1 is 1.06 bits per heavy atom. The zero-order valence-corrected chi connectivity index (χ0v) is 11.5. The van der Waals surface area contributed by atoms with Crippen molar-refractivity contribution >= 4 is 10.2 Å². The van der Waals surface area contributed by atoms with Crippen molar-refractivity contribution in [2.45, 2.75) is 51.0 Å². The Morgan fingerprint density at radius 2 is 1.72 bits per heavy atom. The van der Waals surface area contributed by atoms with Gasteiger partial charge in [-0.2, -0.15) is 22.7 Å². The molecule has 1 heterocycles. The van der Waals surface area contributed by atoms with Crippen LogP contribution in [0.1, 0.15) is 44.9 Å². The first kappa shape index (κ1) is 13.8. The second-order valence-corrected chi connectivity index (χ2v) is 6.91. The summed E-state index contributed by atoms with van der Waals surface area (Å²) in [6.07, 6.45) is 6.62. The van der Waals surface area contributed by atoms with E-state index in [-0.39, 0.29) is 12.0 Å².